The van der Waals surface area contributed by atoms with Crippen LogP contribution in [0.25, 0.3) is 0 Å². The first kappa shape index (κ1) is 14.6. The molecule has 0 aliphatic carbocycles. The summed E-state index contributed by atoms with van der Waals surface area (Å²) in [7, 11) is 0. The van der Waals surface area contributed by atoms with Crippen LogP contribution >= 0.6 is 15.9 Å². The zero-order valence-corrected chi connectivity index (χ0v) is 11.4. The summed E-state index contributed by atoms with van der Waals surface area (Å²) in [6, 6.07) is 3.02. The van der Waals surface area contributed by atoms with Gasteiger partial charge in [-0.3, -0.25) is 0 Å². The van der Waals surface area contributed by atoms with Crippen LogP contribution in [0.5, 0.6) is 5.75 Å². The zero-order valence-electron chi connectivity index (χ0n) is 9.82. The van der Waals surface area contributed by atoms with Gasteiger partial charge in [0.25, 0.3) is 0 Å². The molecule has 0 unspecified atom stereocenters. The van der Waals surface area contributed by atoms with Crippen molar-refractivity contribution in [2.75, 3.05) is 0 Å². The molecule has 98 valence electrons. The summed E-state index contributed by atoms with van der Waals surface area (Å²) >= 11 is 2.94. The van der Waals surface area contributed by atoms with Crippen LogP contribution < -0.4 is 10.5 Å². The molecule has 1 aromatic carbocycles. The number of nitrogens with two attached hydrogens (primary N) is 1. The molecule has 7 heteroatoms. The first-order valence-electron chi connectivity index (χ1n) is 5.09. The Hall–Kier alpha value is -1.50. The summed E-state index contributed by atoms with van der Waals surface area (Å²) in [5.41, 5.74) is 5.35. The molecule has 0 saturated heterocycles. The zero-order chi connectivity index (χ0) is 13.7. The highest BCUT2D eigenvalue weighted by Gasteiger charge is 2.07. The number of nitrogens with zero attached hydrogens (tertiary/aromatic N) is 2. The quantitative estimate of drug-likeness (QED) is 0.517. The molecule has 0 fully saturated rings. The molecule has 1 aromatic rings. The average Bonchev–Trinajstić information content (AvgIpc) is 2.21. The Morgan fingerprint density at radius 1 is 1.33 bits per heavy atom. The van der Waals surface area contributed by atoms with Crippen LogP contribution in [-0.2, 0) is 0 Å². The Labute approximate surface area is 112 Å². The molecular formula is C11H12BrF2N3O. The van der Waals surface area contributed by atoms with E-state index in [1.165, 1.54) is 6.07 Å². The molecule has 0 aromatic heterocycles. The van der Waals surface area contributed by atoms with Gasteiger partial charge in [-0.2, -0.15) is 4.99 Å². The molecule has 0 saturated carbocycles. The summed E-state index contributed by atoms with van der Waals surface area (Å²) in [4.78, 5) is 7.83. The van der Waals surface area contributed by atoms with E-state index in [2.05, 4.69) is 25.9 Å². The lowest BCUT2D eigenvalue weighted by Gasteiger charge is -2.06. The van der Waals surface area contributed by atoms with Crippen LogP contribution in [0.15, 0.2) is 28.2 Å². The number of rotatable bonds is 2. The van der Waals surface area contributed by atoms with E-state index in [0.29, 0.717) is 0 Å². The minimum absolute atomic E-state index is 0.0367. The lowest BCUT2D eigenvalue weighted by Crippen LogP contribution is -2.14. The fraction of sp³-hybridized carbons (Fsp3) is 0.273. The van der Waals surface area contributed by atoms with Crippen LogP contribution in [0.3, 0.4) is 0 Å². The van der Waals surface area contributed by atoms with Crippen LogP contribution in [0.2, 0.25) is 0 Å². The van der Waals surface area contributed by atoms with Gasteiger partial charge in [-0.05, 0) is 41.9 Å². The predicted molar refractivity (Wildman–Crippen MR) is 70.1 cm³/mol. The van der Waals surface area contributed by atoms with Gasteiger partial charge >= 0.3 is 6.02 Å². The van der Waals surface area contributed by atoms with Gasteiger partial charge in [0.15, 0.2) is 16.4 Å². The molecule has 18 heavy (non-hydrogen) atoms. The monoisotopic (exact) mass is 319 g/mol. The minimum Gasteiger partial charge on any atom is -0.424 e. The van der Waals surface area contributed by atoms with Gasteiger partial charge in [-0.25, -0.2) is 13.8 Å². The average molecular weight is 320 g/mol. The summed E-state index contributed by atoms with van der Waals surface area (Å²) in [6.45, 7) is 3.63. The maximum atomic E-state index is 13.0. The third-order valence-corrected chi connectivity index (χ3v) is 1.85. The van der Waals surface area contributed by atoms with Gasteiger partial charge in [0.1, 0.15) is 5.75 Å². The Balaban J connectivity index is 2.96. The van der Waals surface area contributed by atoms with Gasteiger partial charge in [0.2, 0.25) is 0 Å². The SMILES string of the molecule is CC(C)N=C(/N=C(\N)Br)Oc1ccc(F)c(F)c1. The molecule has 1 rings (SSSR count). The molecule has 4 nitrogen and oxygen atoms in total. The second-order valence-electron chi connectivity index (χ2n) is 3.62. The summed E-state index contributed by atoms with van der Waals surface area (Å²) < 4.78 is 31.0. The minimum atomic E-state index is -1.01. The van der Waals surface area contributed by atoms with Gasteiger partial charge < -0.3 is 10.5 Å². The van der Waals surface area contributed by atoms with E-state index < -0.39 is 11.6 Å². The lowest BCUT2D eigenvalue weighted by atomic mass is 10.3. The van der Waals surface area contributed by atoms with Crippen LogP contribution in [-0.4, -0.2) is 16.8 Å². The van der Waals surface area contributed by atoms with Gasteiger partial charge in [0.05, 0.1) is 0 Å². The lowest BCUT2D eigenvalue weighted by molar-refractivity contribution is 0.487. The topological polar surface area (TPSA) is 60.0 Å². The van der Waals surface area contributed by atoms with E-state index in [0.717, 1.165) is 12.1 Å². The van der Waals surface area contributed by atoms with Crippen molar-refractivity contribution in [3.63, 3.8) is 0 Å². The fourth-order valence-corrected chi connectivity index (χ4v) is 1.19. The van der Waals surface area contributed by atoms with Gasteiger partial charge in [-0.15, -0.1) is 0 Å². The maximum Gasteiger partial charge on any atom is 0.319 e. The second-order valence-corrected chi connectivity index (χ2v) is 4.43. The third-order valence-electron chi connectivity index (χ3n) is 1.67. The van der Waals surface area contributed by atoms with E-state index in [9.17, 15) is 8.78 Å². The number of hydrogen-bond donors (Lipinski definition) is 1. The molecule has 0 atom stereocenters. The standard InChI is InChI=1S/C11H12BrF2N3O/c1-6(2)16-11(17-10(12)15)18-7-3-4-8(13)9(14)5-7/h3-6H,1-2H3,(H2,15,16,17). The summed E-state index contributed by atoms with van der Waals surface area (Å²) in [6.07, 6.45) is 0. The van der Waals surface area contributed by atoms with Crippen molar-refractivity contribution in [3.05, 3.63) is 29.8 Å². The predicted octanol–water partition coefficient (Wildman–Crippen LogP) is 2.82. The highest BCUT2D eigenvalue weighted by atomic mass is 79.9. The van der Waals surface area contributed by atoms with Crippen molar-refractivity contribution in [1.29, 1.82) is 0 Å². The molecule has 0 heterocycles. The van der Waals surface area contributed by atoms with Crippen molar-refractivity contribution >= 4 is 26.7 Å². The number of aliphatic imine (C=N–C) groups is 2. The van der Waals surface area contributed by atoms with Crippen LogP contribution in [0.4, 0.5) is 8.78 Å². The van der Waals surface area contributed by atoms with Crippen molar-refractivity contribution < 1.29 is 13.5 Å². The van der Waals surface area contributed by atoms with Gasteiger partial charge in [0, 0.05) is 12.1 Å². The molecule has 0 aliphatic heterocycles. The summed E-state index contributed by atoms with van der Waals surface area (Å²) in [5, 5.41) is 0. The van der Waals surface area contributed by atoms with E-state index in [1.54, 1.807) is 0 Å². The molecule has 2 N–H and O–H groups in total. The maximum absolute atomic E-state index is 13.0. The second kappa shape index (κ2) is 6.44. The number of ether oxygens (including phenoxy) is 1. The Bertz CT molecular complexity index is 485. The van der Waals surface area contributed by atoms with E-state index in [1.807, 2.05) is 13.8 Å². The van der Waals surface area contributed by atoms with Crippen LogP contribution in [0.1, 0.15) is 13.8 Å². The Morgan fingerprint density at radius 2 is 2.00 bits per heavy atom. The number of halogens is 3. The van der Waals surface area contributed by atoms with E-state index in [4.69, 9.17) is 10.5 Å². The summed E-state index contributed by atoms with van der Waals surface area (Å²) in [5.74, 6) is -1.87. The molecule has 0 bridgehead atoms. The third kappa shape index (κ3) is 4.79. The van der Waals surface area contributed by atoms with Crippen molar-refractivity contribution in [3.8, 4) is 5.75 Å². The van der Waals surface area contributed by atoms with Crippen LogP contribution in [0, 0.1) is 11.6 Å². The van der Waals surface area contributed by atoms with Crippen molar-refractivity contribution in [2.24, 2.45) is 15.7 Å². The normalized spacial score (nSPS) is 13.0. The molecule has 0 radical (unpaired) electrons. The molecule has 0 spiro atoms. The van der Waals surface area contributed by atoms with E-state index >= 15 is 0 Å². The van der Waals surface area contributed by atoms with E-state index in [-0.39, 0.29) is 22.6 Å². The molecule has 0 amide bonds. The largest absolute Gasteiger partial charge is 0.424 e. The molecule has 0 aliphatic rings. The van der Waals surface area contributed by atoms with Gasteiger partial charge in [-0.1, -0.05) is 0 Å². The molecular weight excluding hydrogens is 308 g/mol. The number of benzene rings is 1. The Kier molecular flexibility index (Phi) is 5.21. The highest BCUT2D eigenvalue weighted by molar-refractivity contribution is 9.18. The first-order valence-corrected chi connectivity index (χ1v) is 5.88. The first-order chi connectivity index (χ1) is 8.38. The highest BCUT2D eigenvalue weighted by Crippen LogP contribution is 2.16. The van der Waals surface area contributed by atoms with Crippen molar-refractivity contribution in [1.82, 2.24) is 0 Å². The smallest absolute Gasteiger partial charge is 0.319 e. The van der Waals surface area contributed by atoms with Crippen molar-refractivity contribution in [2.45, 2.75) is 19.9 Å². The fourth-order valence-electron chi connectivity index (χ4n) is 1.04. The Morgan fingerprint density at radius 3 is 2.50 bits per heavy atom. The number of amidine groups is 2. The number of hydrogen-bond acceptors (Lipinski definition) is 2.